The van der Waals surface area contributed by atoms with E-state index in [0.717, 1.165) is 31.4 Å². The highest BCUT2D eigenvalue weighted by molar-refractivity contribution is 5.28. The summed E-state index contributed by atoms with van der Waals surface area (Å²) >= 11 is 0. The molecular weight excluding hydrogens is 222 g/mol. The molecule has 1 fully saturated rings. The van der Waals surface area contributed by atoms with Crippen molar-refractivity contribution in [3.05, 3.63) is 35.4 Å². The van der Waals surface area contributed by atoms with E-state index in [4.69, 9.17) is 0 Å². The molecule has 2 nitrogen and oxygen atoms in total. The van der Waals surface area contributed by atoms with Gasteiger partial charge in [0.2, 0.25) is 0 Å². The Balaban J connectivity index is 2.29. The standard InChI is InChI=1S/C16H25NO/c1-13-7-6-9-14(11-13)16(18)10-5-4-8-15(16)12-17(2)3/h6-7,9,11,15,18H,4-5,8,10,12H2,1-3H3. The normalized spacial score (nSPS) is 28.6. The van der Waals surface area contributed by atoms with Gasteiger partial charge in [-0.2, -0.15) is 0 Å². The van der Waals surface area contributed by atoms with Crippen LogP contribution in [0.5, 0.6) is 0 Å². The van der Waals surface area contributed by atoms with Gasteiger partial charge in [0.05, 0.1) is 5.60 Å². The molecule has 2 rings (SSSR count). The Bertz CT molecular complexity index is 402. The molecule has 2 heteroatoms. The minimum atomic E-state index is -0.630. The molecule has 0 heterocycles. The lowest BCUT2D eigenvalue weighted by molar-refractivity contribution is -0.0618. The van der Waals surface area contributed by atoms with Crippen LogP contribution < -0.4 is 0 Å². The molecule has 1 aliphatic rings. The molecule has 1 aromatic carbocycles. The fourth-order valence-electron chi connectivity index (χ4n) is 3.21. The molecule has 0 saturated heterocycles. The van der Waals surface area contributed by atoms with Crippen molar-refractivity contribution in [3.8, 4) is 0 Å². The second-order valence-electron chi connectivity index (χ2n) is 6.00. The second kappa shape index (κ2) is 5.41. The van der Waals surface area contributed by atoms with E-state index < -0.39 is 5.60 Å². The van der Waals surface area contributed by atoms with Gasteiger partial charge < -0.3 is 10.0 Å². The molecule has 0 aliphatic heterocycles. The Labute approximate surface area is 111 Å². The van der Waals surface area contributed by atoms with E-state index in [1.807, 2.05) is 0 Å². The van der Waals surface area contributed by atoms with Crippen molar-refractivity contribution in [2.75, 3.05) is 20.6 Å². The third kappa shape index (κ3) is 2.76. The molecule has 0 bridgehead atoms. The van der Waals surface area contributed by atoms with Crippen molar-refractivity contribution in [2.45, 2.75) is 38.2 Å². The quantitative estimate of drug-likeness (QED) is 0.887. The van der Waals surface area contributed by atoms with Crippen LogP contribution in [-0.2, 0) is 5.60 Å². The fraction of sp³-hybridized carbons (Fsp3) is 0.625. The van der Waals surface area contributed by atoms with Gasteiger partial charge in [-0.25, -0.2) is 0 Å². The number of aryl methyl sites for hydroxylation is 1. The van der Waals surface area contributed by atoms with Gasteiger partial charge in [-0.1, -0.05) is 42.7 Å². The van der Waals surface area contributed by atoms with Gasteiger partial charge in [0.25, 0.3) is 0 Å². The molecule has 100 valence electrons. The van der Waals surface area contributed by atoms with Crippen molar-refractivity contribution in [3.63, 3.8) is 0 Å². The highest BCUT2D eigenvalue weighted by Crippen LogP contribution is 2.42. The van der Waals surface area contributed by atoms with Crippen LogP contribution in [0, 0.1) is 12.8 Å². The number of aliphatic hydroxyl groups is 1. The van der Waals surface area contributed by atoms with E-state index in [0.29, 0.717) is 5.92 Å². The summed E-state index contributed by atoms with van der Waals surface area (Å²) in [6, 6.07) is 8.38. The maximum absolute atomic E-state index is 11.1. The first kappa shape index (κ1) is 13.6. The topological polar surface area (TPSA) is 23.5 Å². The molecule has 0 amide bonds. The van der Waals surface area contributed by atoms with Gasteiger partial charge in [0.1, 0.15) is 0 Å². The summed E-state index contributed by atoms with van der Waals surface area (Å²) in [6.07, 6.45) is 4.40. The van der Waals surface area contributed by atoms with Crippen molar-refractivity contribution in [2.24, 2.45) is 5.92 Å². The highest BCUT2D eigenvalue weighted by Gasteiger charge is 2.40. The van der Waals surface area contributed by atoms with Crippen LogP contribution in [0.3, 0.4) is 0 Å². The predicted molar refractivity (Wildman–Crippen MR) is 75.6 cm³/mol. The van der Waals surface area contributed by atoms with E-state index in [2.05, 4.69) is 50.2 Å². The van der Waals surface area contributed by atoms with Gasteiger partial charge in [0, 0.05) is 12.5 Å². The minimum absolute atomic E-state index is 0.350. The Morgan fingerprint density at radius 3 is 2.78 bits per heavy atom. The third-order valence-corrected chi connectivity index (χ3v) is 4.14. The number of hydrogen-bond donors (Lipinski definition) is 1. The monoisotopic (exact) mass is 247 g/mol. The summed E-state index contributed by atoms with van der Waals surface area (Å²) < 4.78 is 0. The van der Waals surface area contributed by atoms with E-state index in [1.54, 1.807) is 0 Å². The van der Waals surface area contributed by atoms with Gasteiger partial charge in [-0.15, -0.1) is 0 Å². The Hall–Kier alpha value is -0.860. The number of rotatable bonds is 3. The lowest BCUT2D eigenvalue weighted by Crippen LogP contribution is -2.43. The molecule has 2 unspecified atom stereocenters. The Morgan fingerprint density at radius 2 is 2.11 bits per heavy atom. The summed E-state index contributed by atoms with van der Waals surface area (Å²) in [6.45, 7) is 3.06. The highest BCUT2D eigenvalue weighted by atomic mass is 16.3. The lowest BCUT2D eigenvalue weighted by Gasteiger charge is -2.41. The summed E-state index contributed by atoms with van der Waals surface area (Å²) in [5.41, 5.74) is 1.71. The third-order valence-electron chi connectivity index (χ3n) is 4.14. The smallest absolute Gasteiger partial charge is 0.0936 e. The number of benzene rings is 1. The van der Waals surface area contributed by atoms with Crippen molar-refractivity contribution < 1.29 is 5.11 Å². The zero-order valence-electron chi connectivity index (χ0n) is 11.8. The average Bonchev–Trinajstić information content (AvgIpc) is 2.32. The zero-order valence-corrected chi connectivity index (χ0v) is 11.8. The molecule has 0 aromatic heterocycles. The van der Waals surface area contributed by atoms with Gasteiger partial charge in [0.15, 0.2) is 0 Å². The maximum Gasteiger partial charge on any atom is 0.0936 e. The first-order chi connectivity index (χ1) is 8.52. The number of nitrogens with zero attached hydrogens (tertiary/aromatic N) is 1. The molecule has 0 radical (unpaired) electrons. The van der Waals surface area contributed by atoms with Gasteiger partial charge >= 0.3 is 0 Å². The van der Waals surface area contributed by atoms with Crippen LogP contribution >= 0.6 is 0 Å². The Kier molecular flexibility index (Phi) is 4.08. The van der Waals surface area contributed by atoms with Crippen molar-refractivity contribution >= 4 is 0 Å². The van der Waals surface area contributed by atoms with E-state index in [-0.39, 0.29) is 0 Å². The molecule has 1 N–H and O–H groups in total. The molecule has 1 aromatic rings. The van der Waals surface area contributed by atoms with Crippen LogP contribution in [0.4, 0.5) is 0 Å². The largest absolute Gasteiger partial charge is 0.385 e. The summed E-state index contributed by atoms with van der Waals surface area (Å²) in [5, 5.41) is 11.1. The SMILES string of the molecule is Cc1cccc(C2(O)CCCCC2CN(C)C)c1. The van der Waals surface area contributed by atoms with E-state index in [9.17, 15) is 5.11 Å². The van der Waals surface area contributed by atoms with Crippen LogP contribution in [0.25, 0.3) is 0 Å². The molecule has 1 saturated carbocycles. The first-order valence-corrected chi connectivity index (χ1v) is 6.96. The molecule has 2 atom stereocenters. The van der Waals surface area contributed by atoms with Crippen LogP contribution in [0.2, 0.25) is 0 Å². The summed E-state index contributed by atoms with van der Waals surface area (Å²) in [7, 11) is 4.18. The first-order valence-electron chi connectivity index (χ1n) is 6.96. The molecule has 0 spiro atoms. The van der Waals surface area contributed by atoms with Gasteiger partial charge in [-0.05, 0) is 39.4 Å². The maximum atomic E-state index is 11.1. The number of hydrogen-bond acceptors (Lipinski definition) is 2. The van der Waals surface area contributed by atoms with Crippen LogP contribution in [0.1, 0.15) is 36.8 Å². The Morgan fingerprint density at radius 1 is 1.33 bits per heavy atom. The minimum Gasteiger partial charge on any atom is -0.385 e. The van der Waals surface area contributed by atoms with E-state index in [1.165, 1.54) is 12.0 Å². The lowest BCUT2D eigenvalue weighted by atomic mass is 9.71. The van der Waals surface area contributed by atoms with Crippen molar-refractivity contribution in [1.82, 2.24) is 4.90 Å². The second-order valence-corrected chi connectivity index (χ2v) is 6.00. The zero-order chi connectivity index (χ0) is 13.2. The average molecular weight is 247 g/mol. The van der Waals surface area contributed by atoms with Crippen molar-refractivity contribution in [1.29, 1.82) is 0 Å². The van der Waals surface area contributed by atoms with Gasteiger partial charge in [-0.3, -0.25) is 0 Å². The summed E-state index contributed by atoms with van der Waals surface area (Å²) in [5.74, 6) is 0.350. The molecule has 1 aliphatic carbocycles. The molecule has 18 heavy (non-hydrogen) atoms. The van der Waals surface area contributed by atoms with Crippen LogP contribution in [0.15, 0.2) is 24.3 Å². The fourth-order valence-corrected chi connectivity index (χ4v) is 3.21. The molecular formula is C16H25NO. The van der Waals surface area contributed by atoms with E-state index >= 15 is 0 Å². The predicted octanol–water partition coefficient (Wildman–Crippen LogP) is 2.93. The van der Waals surface area contributed by atoms with Crippen LogP contribution in [-0.4, -0.2) is 30.6 Å². The summed E-state index contributed by atoms with van der Waals surface area (Å²) in [4.78, 5) is 2.19.